The van der Waals surface area contributed by atoms with Crippen LogP contribution < -0.4 is 5.32 Å². The van der Waals surface area contributed by atoms with E-state index in [-0.39, 0.29) is 0 Å². The summed E-state index contributed by atoms with van der Waals surface area (Å²) in [6, 6.07) is 5.97. The summed E-state index contributed by atoms with van der Waals surface area (Å²) in [6.45, 7) is 7.76. The highest BCUT2D eigenvalue weighted by molar-refractivity contribution is 5.42. The average Bonchev–Trinajstić information content (AvgIpc) is 2.49. The lowest BCUT2D eigenvalue weighted by atomic mass is 10.2. The Kier molecular flexibility index (Phi) is 5.78. The Hall–Kier alpha value is -1.64. The number of aryl methyl sites for hydroxylation is 1. The maximum atomic E-state index is 8.94. The van der Waals surface area contributed by atoms with E-state index in [1.54, 1.807) is 0 Å². The van der Waals surface area contributed by atoms with Crippen molar-refractivity contribution in [2.24, 2.45) is 0 Å². The van der Waals surface area contributed by atoms with Gasteiger partial charge in [0.2, 0.25) is 0 Å². The van der Waals surface area contributed by atoms with Gasteiger partial charge >= 0.3 is 0 Å². The molecule has 0 atom stereocenters. The molecular weight excluding hydrogens is 252 g/mol. The van der Waals surface area contributed by atoms with Gasteiger partial charge in [-0.15, -0.1) is 0 Å². The highest BCUT2D eigenvalue weighted by Crippen LogP contribution is 2.09. The molecule has 5 heteroatoms. The molecule has 0 unspecified atom stereocenters. The summed E-state index contributed by atoms with van der Waals surface area (Å²) in [7, 11) is 0. The smallest absolute Gasteiger partial charge is 0.145 e. The first kappa shape index (κ1) is 14.8. The third kappa shape index (κ3) is 4.48. The van der Waals surface area contributed by atoms with Crippen molar-refractivity contribution in [2.75, 3.05) is 44.7 Å². The zero-order chi connectivity index (χ0) is 14.2. The van der Waals surface area contributed by atoms with E-state index >= 15 is 0 Å². The maximum Gasteiger partial charge on any atom is 0.145 e. The van der Waals surface area contributed by atoms with Crippen molar-refractivity contribution < 1.29 is 4.74 Å². The number of pyridine rings is 1. The van der Waals surface area contributed by atoms with E-state index in [1.807, 2.05) is 19.1 Å². The number of ether oxygens (including phenoxy) is 1. The summed E-state index contributed by atoms with van der Waals surface area (Å²) < 4.78 is 5.33. The molecule has 1 fully saturated rings. The first-order chi connectivity index (χ1) is 9.79. The summed E-state index contributed by atoms with van der Waals surface area (Å²) in [4.78, 5) is 6.72. The number of hydrogen-bond donors (Lipinski definition) is 1. The van der Waals surface area contributed by atoms with Crippen LogP contribution in [0.25, 0.3) is 0 Å². The number of morpholine rings is 1. The van der Waals surface area contributed by atoms with Crippen molar-refractivity contribution in [2.45, 2.75) is 19.8 Å². The number of nitrogens with zero attached hydrogens (tertiary/aromatic N) is 3. The Morgan fingerprint density at radius 2 is 2.15 bits per heavy atom. The Balaban J connectivity index is 1.64. The van der Waals surface area contributed by atoms with E-state index in [0.717, 1.165) is 57.2 Å². The van der Waals surface area contributed by atoms with Crippen LogP contribution in [-0.4, -0.2) is 49.3 Å². The number of nitrogens with one attached hydrogen (secondary N) is 1. The van der Waals surface area contributed by atoms with Gasteiger partial charge in [-0.3, -0.25) is 4.90 Å². The van der Waals surface area contributed by atoms with Crippen molar-refractivity contribution in [1.82, 2.24) is 9.88 Å². The van der Waals surface area contributed by atoms with E-state index in [1.165, 1.54) is 6.42 Å². The van der Waals surface area contributed by atoms with Crippen LogP contribution >= 0.6 is 0 Å². The van der Waals surface area contributed by atoms with Gasteiger partial charge in [-0.2, -0.15) is 5.26 Å². The van der Waals surface area contributed by atoms with Crippen molar-refractivity contribution in [1.29, 1.82) is 5.26 Å². The minimum absolute atomic E-state index is 0.503. The largest absolute Gasteiger partial charge is 0.379 e. The molecule has 0 saturated carbocycles. The molecule has 1 aromatic rings. The average molecular weight is 274 g/mol. The number of rotatable bonds is 6. The Morgan fingerprint density at radius 1 is 1.35 bits per heavy atom. The fourth-order valence-electron chi connectivity index (χ4n) is 2.24. The number of nitriles is 1. The molecule has 1 saturated heterocycles. The van der Waals surface area contributed by atoms with E-state index in [9.17, 15) is 0 Å². The molecule has 0 spiro atoms. The van der Waals surface area contributed by atoms with Gasteiger partial charge in [0.25, 0.3) is 0 Å². The second kappa shape index (κ2) is 7.83. The number of anilines is 1. The maximum absolute atomic E-state index is 8.94. The van der Waals surface area contributed by atoms with Crippen LogP contribution in [0.4, 0.5) is 5.82 Å². The van der Waals surface area contributed by atoms with Gasteiger partial charge in [-0.05, 0) is 37.9 Å². The first-order valence-corrected chi connectivity index (χ1v) is 7.21. The minimum Gasteiger partial charge on any atom is -0.379 e. The van der Waals surface area contributed by atoms with Crippen LogP contribution in [0, 0.1) is 18.3 Å². The molecular formula is C15H22N4O. The standard InChI is InChI=1S/C15H22N4O/c1-13-4-5-15(18-14(13)12-16)17-6-2-3-7-19-8-10-20-11-9-19/h4-5H,2-3,6-11H2,1H3,(H,17,18). The monoisotopic (exact) mass is 274 g/mol. The van der Waals surface area contributed by atoms with Crippen molar-refractivity contribution >= 4 is 5.82 Å². The molecule has 1 aliphatic rings. The molecule has 1 N–H and O–H groups in total. The van der Waals surface area contributed by atoms with E-state index in [0.29, 0.717) is 5.69 Å². The molecule has 1 aromatic heterocycles. The fourth-order valence-corrected chi connectivity index (χ4v) is 2.24. The van der Waals surface area contributed by atoms with E-state index < -0.39 is 0 Å². The first-order valence-electron chi connectivity index (χ1n) is 7.21. The number of unbranched alkanes of at least 4 members (excludes halogenated alkanes) is 1. The number of aromatic nitrogens is 1. The van der Waals surface area contributed by atoms with E-state index in [2.05, 4.69) is 21.3 Å². The zero-order valence-corrected chi connectivity index (χ0v) is 12.1. The van der Waals surface area contributed by atoms with Crippen LogP contribution in [0.15, 0.2) is 12.1 Å². The summed E-state index contributed by atoms with van der Waals surface area (Å²) >= 11 is 0. The van der Waals surface area contributed by atoms with Gasteiger partial charge in [-0.1, -0.05) is 6.07 Å². The molecule has 1 aliphatic heterocycles. The summed E-state index contributed by atoms with van der Waals surface area (Å²) in [5.74, 6) is 0.790. The van der Waals surface area contributed by atoms with Gasteiger partial charge in [-0.25, -0.2) is 4.98 Å². The summed E-state index contributed by atoms with van der Waals surface area (Å²) in [5, 5.41) is 12.2. The fraction of sp³-hybridized carbons (Fsp3) is 0.600. The molecule has 20 heavy (non-hydrogen) atoms. The lowest BCUT2D eigenvalue weighted by molar-refractivity contribution is 0.0373. The molecule has 0 aromatic carbocycles. The molecule has 0 aliphatic carbocycles. The quantitative estimate of drug-likeness (QED) is 0.801. The normalized spacial score (nSPS) is 15.8. The van der Waals surface area contributed by atoms with Crippen LogP contribution in [0.3, 0.4) is 0 Å². The van der Waals surface area contributed by atoms with Crippen LogP contribution in [0.2, 0.25) is 0 Å². The molecule has 5 nitrogen and oxygen atoms in total. The summed E-state index contributed by atoms with van der Waals surface area (Å²) in [6.07, 6.45) is 2.28. The van der Waals surface area contributed by atoms with Crippen LogP contribution in [-0.2, 0) is 4.74 Å². The zero-order valence-electron chi connectivity index (χ0n) is 12.1. The van der Waals surface area contributed by atoms with Gasteiger partial charge in [0.15, 0.2) is 0 Å². The predicted molar refractivity (Wildman–Crippen MR) is 78.7 cm³/mol. The highest BCUT2D eigenvalue weighted by Gasteiger charge is 2.09. The Labute approximate surface area is 120 Å². The van der Waals surface area contributed by atoms with Crippen LogP contribution in [0.1, 0.15) is 24.1 Å². The lowest BCUT2D eigenvalue weighted by Crippen LogP contribution is -2.36. The second-order valence-corrected chi connectivity index (χ2v) is 5.06. The van der Waals surface area contributed by atoms with Crippen molar-refractivity contribution in [3.63, 3.8) is 0 Å². The van der Waals surface area contributed by atoms with Crippen LogP contribution in [0.5, 0.6) is 0 Å². The Bertz CT molecular complexity index is 463. The third-order valence-electron chi connectivity index (χ3n) is 3.51. The van der Waals surface area contributed by atoms with Gasteiger partial charge in [0, 0.05) is 19.6 Å². The van der Waals surface area contributed by atoms with Gasteiger partial charge in [0.05, 0.1) is 13.2 Å². The summed E-state index contributed by atoms with van der Waals surface area (Å²) in [5.41, 5.74) is 1.42. The molecule has 0 amide bonds. The Morgan fingerprint density at radius 3 is 2.90 bits per heavy atom. The molecule has 2 heterocycles. The van der Waals surface area contributed by atoms with Crippen molar-refractivity contribution in [3.05, 3.63) is 23.4 Å². The molecule has 2 rings (SSSR count). The molecule has 108 valence electrons. The topological polar surface area (TPSA) is 61.2 Å². The SMILES string of the molecule is Cc1ccc(NCCCCN2CCOCC2)nc1C#N. The molecule has 0 bridgehead atoms. The van der Waals surface area contributed by atoms with Gasteiger partial charge in [0.1, 0.15) is 17.6 Å². The lowest BCUT2D eigenvalue weighted by Gasteiger charge is -2.26. The third-order valence-corrected chi connectivity index (χ3v) is 3.51. The van der Waals surface area contributed by atoms with Crippen molar-refractivity contribution in [3.8, 4) is 6.07 Å². The second-order valence-electron chi connectivity index (χ2n) is 5.06. The minimum atomic E-state index is 0.503. The van der Waals surface area contributed by atoms with Gasteiger partial charge < -0.3 is 10.1 Å². The van der Waals surface area contributed by atoms with E-state index in [4.69, 9.17) is 10.00 Å². The predicted octanol–water partition coefficient (Wildman–Crippen LogP) is 1.79. The number of hydrogen-bond acceptors (Lipinski definition) is 5. The highest BCUT2D eigenvalue weighted by atomic mass is 16.5. The molecule has 0 radical (unpaired) electrons.